The van der Waals surface area contributed by atoms with Crippen molar-refractivity contribution in [3.05, 3.63) is 50.4 Å². The third-order valence-electron chi connectivity index (χ3n) is 4.73. The summed E-state index contributed by atoms with van der Waals surface area (Å²) in [6.45, 7) is 4.41. The summed E-state index contributed by atoms with van der Waals surface area (Å²) in [6, 6.07) is 5.59. The number of aromatic nitrogens is 4. The molecule has 0 bridgehead atoms. The minimum atomic E-state index is -0.332. The molecule has 0 saturated carbocycles. The topological polar surface area (TPSA) is 80.3 Å². The van der Waals surface area contributed by atoms with E-state index < -0.39 is 0 Å². The summed E-state index contributed by atoms with van der Waals surface area (Å²) in [5.74, 6) is 1.88. The van der Waals surface area contributed by atoms with Gasteiger partial charge < -0.3 is 14.0 Å². The third kappa shape index (κ3) is 3.70. The molecule has 0 spiro atoms. The first kappa shape index (κ1) is 21.2. The number of imidazole rings is 1. The van der Waals surface area contributed by atoms with Gasteiger partial charge in [0.25, 0.3) is 5.56 Å². The van der Waals surface area contributed by atoms with E-state index in [0.717, 1.165) is 5.56 Å². The fourth-order valence-electron chi connectivity index (χ4n) is 3.25. The van der Waals surface area contributed by atoms with E-state index in [9.17, 15) is 9.59 Å². The molecule has 0 radical (unpaired) electrons. The second-order valence-corrected chi connectivity index (χ2v) is 6.90. The van der Waals surface area contributed by atoms with Crippen LogP contribution in [0.5, 0.6) is 11.5 Å². The molecule has 3 aromatic rings. The Balaban J connectivity index is 2.18. The van der Waals surface area contributed by atoms with Gasteiger partial charge in [0.2, 0.25) is 0 Å². The molecule has 3 rings (SSSR count). The van der Waals surface area contributed by atoms with E-state index in [4.69, 9.17) is 9.47 Å². The van der Waals surface area contributed by atoms with Crippen LogP contribution in [0.1, 0.15) is 25.2 Å². The van der Waals surface area contributed by atoms with Crippen molar-refractivity contribution in [1.82, 2.24) is 18.7 Å². The van der Waals surface area contributed by atoms with Gasteiger partial charge in [0.05, 0.1) is 18.8 Å². The van der Waals surface area contributed by atoms with Crippen LogP contribution >= 0.6 is 22.6 Å². The van der Waals surface area contributed by atoms with Crippen LogP contribution in [-0.4, -0.2) is 32.9 Å². The summed E-state index contributed by atoms with van der Waals surface area (Å²) < 4.78 is 15.8. The second-order valence-electron chi connectivity index (χ2n) is 6.21. The van der Waals surface area contributed by atoms with E-state index >= 15 is 0 Å². The largest absolute Gasteiger partial charge is 0.493 e. The average Bonchev–Trinajstić information content (AvgIpc) is 3.11. The molecule has 0 aliphatic heterocycles. The van der Waals surface area contributed by atoms with Crippen molar-refractivity contribution in [2.24, 2.45) is 0 Å². The van der Waals surface area contributed by atoms with Crippen molar-refractivity contribution in [2.75, 3.05) is 14.2 Å². The zero-order chi connectivity index (χ0) is 21.1. The predicted octanol–water partition coefficient (Wildman–Crippen LogP) is 2.98. The number of hydrogen-bond acceptors (Lipinski definition) is 5. The Morgan fingerprint density at radius 2 is 1.69 bits per heavy atom. The van der Waals surface area contributed by atoms with Gasteiger partial charge in [-0.15, -0.1) is 0 Å². The lowest BCUT2D eigenvalue weighted by atomic mass is 10.2. The first-order valence-corrected chi connectivity index (χ1v) is 10.7. The molecule has 8 nitrogen and oxygen atoms in total. The summed E-state index contributed by atoms with van der Waals surface area (Å²) in [4.78, 5) is 30.1. The Kier molecular flexibility index (Phi) is 6.46. The molecule has 0 aliphatic rings. The summed E-state index contributed by atoms with van der Waals surface area (Å²) in [6.07, 6.45) is 3.72. The van der Waals surface area contributed by atoms with E-state index in [0.29, 0.717) is 46.1 Å². The first-order valence-electron chi connectivity index (χ1n) is 9.20. The number of aryl methyl sites for hydroxylation is 1. The zero-order valence-corrected chi connectivity index (χ0v) is 19.0. The molecule has 0 atom stereocenters. The number of hydrogen-bond donors (Lipinski definition) is 0. The number of benzene rings is 1. The van der Waals surface area contributed by atoms with E-state index in [-0.39, 0.29) is 11.2 Å². The summed E-state index contributed by atoms with van der Waals surface area (Å²) in [5.41, 5.74) is 1.10. The fraction of sp³-hybridized carbons (Fsp3) is 0.350. The molecule has 0 saturated heterocycles. The standard InChI is InChI=1S/C20H23IN4O4/c1-5-23-18-17(19(26)24(6-2)20(23)27)25(12-21)16(22-18)10-8-13-7-9-14(28-3)15(11-13)29-4/h7-11H,5-6,12H2,1-4H3/b10-8+. The molecule has 1 aromatic carbocycles. The van der Waals surface area contributed by atoms with Crippen molar-refractivity contribution in [3.8, 4) is 11.5 Å². The van der Waals surface area contributed by atoms with Crippen LogP contribution in [0.3, 0.4) is 0 Å². The molecule has 2 heterocycles. The molecule has 0 fully saturated rings. The van der Waals surface area contributed by atoms with Crippen LogP contribution in [0.15, 0.2) is 27.8 Å². The van der Waals surface area contributed by atoms with Crippen LogP contribution in [0, 0.1) is 0 Å². The Labute approximate surface area is 181 Å². The Morgan fingerprint density at radius 3 is 2.28 bits per heavy atom. The van der Waals surface area contributed by atoms with Crippen molar-refractivity contribution in [1.29, 1.82) is 0 Å². The fourth-order valence-corrected chi connectivity index (χ4v) is 3.94. The Bertz CT molecular complexity index is 1190. The number of ether oxygens (including phenoxy) is 2. The van der Waals surface area contributed by atoms with Gasteiger partial charge in [-0.25, -0.2) is 9.78 Å². The molecule has 0 amide bonds. The molecular formula is C20H23IN4O4. The van der Waals surface area contributed by atoms with Gasteiger partial charge in [-0.1, -0.05) is 34.7 Å². The molecular weight excluding hydrogens is 487 g/mol. The Hall–Kier alpha value is -2.56. The van der Waals surface area contributed by atoms with Crippen molar-refractivity contribution < 1.29 is 9.47 Å². The number of fused-ring (bicyclic) bond motifs is 1. The van der Waals surface area contributed by atoms with Gasteiger partial charge in [-0.3, -0.25) is 13.9 Å². The lowest BCUT2D eigenvalue weighted by Crippen LogP contribution is -2.39. The maximum Gasteiger partial charge on any atom is 0.332 e. The first-order chi connectivity index (χ1) is 14.0. The molecule has 0 aliphatic carbocycles. The molecule has 9 heteroatoms. The molecule has 154 valence electrons. The van der Waals surface area contributed by atoms with Crippen LogP contribution in [0.2, 0.25) is 0 Å². The van der Waals surface area contributed by atoms with Gasteiger partial charge in [-0.2, -0.15) is 0 Å². The number of halogens is 1. The summed E-state index contributed by atoms with van der Waals surface area (Å²) in [7, 11) is 3.18. The second kappa shape index (κ2) is 8.85. The molecule has 0 N–H and O–H groups in total. The van der Waals surface area contributed by atoms with E-state index in [1.165, 1.54) is 9.13 Å². The highest BCUT2D eigenvalue weighted by Crippen LogP contribution is 2.28. The van der Waals surface area contributed by atoms with Crippen molar-refractivity contribution >= 4 is 45.9 Å². The van der Waals surface area contributed by atoms with Crippen molar-refractivity contribution in [3.63, 3.8) is 0 Å². The highest BCUT2D eigenvalue weighted by atomic mass is 127. The maximum atomic E-state index is 12.9. The molecule has 2 aromatic heterocycles. The quantitative estimate of drug-likeness (QED) is 0.361. The smallest absolute Gasteiger partial charge is 0.332 e. The lowest BCUT2D eigenvalue weighted by Gasteiger charge is -2.08. The van der Waals surface area contributed by atoms with Crippen LogP contribution < -0.4 is 20.7 Å². The van der Waals surface area contributed by atoms with Gasteiger partial charge in [0, 0.05) is 13.1 Å². The monoisotopic (exact) mass is 510 g/mol. The normalized spacial score (nSPS) is 11.5. The highest BCUT2D eigenvalue weighted by molar-refractivity contribution is 14.1. The minimum absolute atomic E-state index is 0.313. The number of nitrogens with zero attached hydrogens (tertiary/aromatic N) is 4. The van der Waals surface area contributed by atoms with Gasteiger partial charge in [-0.05, 0) is 37.6 Å². The third-order valence-corrected chi connectivity index (χ3v) is 5.41. The Morgan fingerprint density at radius 1 is 1.00 bits per heavy atom. The van der Waals surface area contributed by atoms with Crippen LogP contribution in [0.4, 0.5) is 0 Å². The van der Waals surface area contributed by atoms with Gasteiger partial charge in [0.1, 0.15) is 5.82 Å². The number of alkyl halides is 1. The van der Waals surface area contributed by atoms with Crippen LogP contribution in [-0.2, 0) is 17.6 Å². The molecule has 29 heavy (non-hydrogen) atoms. The highest BCUT2D eigenvalue weighted by Gasteiger charge is 2.19. The minimum Gasteiger partial charge on any atom is -0.493 e. The van der Waals surface area contributed by atoms with E-state index in [1.54, 1.807) is 21.1 Å². The SMILES string of the molecule is CCn1c(=O)c2c(nc(/C=C/c3ccc(OC)c(OC)c3)n2CI)n(CC)c1=O. The summed E-state index contributed by atoms with van der Waals surface area (Å²) in [5, 5.41) is 0. The zero-order valence-electron chi connectivity index (χ0n) is 16.8. The van der Waals surface area contributed by atoms with Gasteiger partial charge >= 0.3 is 5.69 Å². The van der Waals surface area contributed by atoms with Gasteiger partial charge in [0.15, 0.2) is 22.7 Å². The summed E-state index contributed by atoms with van der Waals surface area (Å²) >= 11 is 2.19. The van der Waals surface area contributed by atoms with E-state index in [2.05, 4.69) is 27.6 Å². The predicted molar refractivity (Wildman–Crippen MR) is 122 cm³/mol. The average molecular weight is 510 g/mol. The van der Waals surface area contributed by atoms with Crippen molar-refractivity contribution in [2.45, 2.75) is 31.5 Å². The molecule has 0 unspecified atom stereocenters. The maximum absolute atomic E-state index is 12.9. The van der Waals surface area contributed by atoms with E-state index in [1.807, 2.05) is 41.8 Å². The number of rotatable bonds is 7. The number of methoxy groups -OCH3 is 2. The van der Waals surface area contributed by atoms with Crippen LogP contribution in [0.25, 0.3) is 23.3 Å². The lowest BCUT2D eigenvalue weighted by molar-refractivity contribution is 0.355.